The van der Waals surface area contributed by atoms with Gasteiger partial charge in [0.1, 0.15) is 13.2 Å². The van der Waals surface area contributed by atoms with Crippen molar-refractivity contribution in [2.75, 3.05) is 0 Å². The molecule has 0 spiro atoms. The number of benzene rings is 4. The third-order valence-electron chi connectivity index (χ3n) is 7.23. The molecule has 4 aromatic rings. The van der Waals surface area contributed by atoms with E-state index in [2.05, 4.69) is 50.0 Å². The zero-order chi connectivity index (χ0) is 37.9. The predicted octanol–water partition coefficient (Wildman–Crippen LogP) is 8.01. The van der Waals surface area contributed by atoms with E-state index in [4.69, 9.17) is 9.47 Å². The first-order valence-electron chi connectivity index (χ1n) is 16.3. The van der Waals surface area contributed by atoms with E-state index in [1.807, 2.05) is 97.1 Å². The minimum Gasteiger partial charge on any atom is -0.458 e. The summed E-state index contributed by atoms with van der Waals surface area (Å²) in [6.45, 7) is 17.8. The number of ketones is 2. The first-order valence-corrected chi connectivity index (χ1v) is 16.3. The van der Waals surface area contributed by atoms with E-state index in [-0.39, 0.29) is 24.8 Å². The fourth-order valence-electron chi connectivity index (χ4n) is 4.16. The van der Waals surface area contributed by atoms with Crippen molar-refractivity contribution in [2.45, 2.75) is 39.9 Å². The first-order chi connectivity index (χ1) is 24.9. The zero-order valence-corrected chi connectivity index (χ0v) is 29.5. The van der Waals surface area contributed by atoms with Crippen molar-refractivity contribution in [3.05, 3.63) is 191 Å². The third-order valence-corrected chi connectivity index (χ3v) is 7.23. The maximum Gasteiger partial charge on any atom is 0.333 e. The van der Waals surface area contributed by atoms with E-state index in [9.17, 15) is 19.2 Å². The van der Waals surface area contributed by atoms with Crippen LogP contribution in [0.1, 0.15) is 58.4 Å². The van der Waals surface area contributed by atoms with Gasteiger partial charge in [0.15, 0.2) is 11.6 Å². The SMILES string of the molecule is C=C(C)C(=O)Cc1ccc(C#Cc2ccc(COC(=O)C(=C)C)cc2)cc1.C=CC(=O)Cc1ccc(C#Cc2ccc(COC(=O)C=C)cc2)cc1. The largest absolute Gasteiger partial charge is 0.458 e. The van der Waals surface area contributed by atoms with Crippen molar-refractivity contribution in [3.63, 3.8) is 0 Å². The van der Waals surface area contributed by atoms with E-state index in [1.165, 1.54) is 6.08 Å². The number of ether oxygens (including phenoxy) is 2. The highest BCUT2D eigenvalue weighted by molar-refractivity contribution is 5.95. The normalized spacial score (nSPS) is 9.58. The van der Waals surface area contributed by atoms with Crippen LogP contribution >= 0.6 is 0 Å². The lowest BCUT2D eigenvalue weighted by molar-refractivity contribution is -0.140. The molecule has 4 rings (SSSR count). The smallest absolute Gasteiger partial charge is 0.333 e. The molecule has 0 aliphatic rings. The van der Waals surface area contributed by atoms with Crippen molar-refractivity contribution in [1.29, 1.82) is 0 Å². The lowest BCUT2D eigenvalue weighted by Gasteiger charge is -2.04. The zero-order valence-electron chi connectivity index (χ0n) is 29.5. The Morgan fingerprint density at radius 1 is 0.519 bits per heavy atom. The summed E-state index contributed by atoms with van der Waals surface area (Å²) in [5.41, 5.74) is 8.09. The van der Waals surface area contributed by atoms with Gasteiger partial charge in [-0.25, -0.2) is 9.59 Å². The lowest BCUT2D eigenvalue weighted by Crippen LogP contribution is -2.04. The van der Waals surface area contributed by atoms with Gasteiger partial charge in [-0.3, -0.25) is 9.59 Å². The summed E-state index contributed by atoms with van der Waals surface area (Å²) in [5.74, 6) is 11.6. The van der Waals surface area contributed by atoms with E-state index >= 15 is 0 Å². The molecule has 0 N–H and O–H groups in total. The Labute approximate surface area is 306 Å². The van der Waals surface area contributed by atoms with Crippen LogP contribution in [0, 0.1) is 23.7 Å². The van der Waals surface area contributed by atoms with Crippen LogP contribution in [0.25, 0.3) is 0 Å². The summed E-state index contributed by atoms with van der Waals surface area (Å²) in [7, 11) is 0. The topological polar surface area (TPSA) is 86.7 Å². The first kappa shape index (κ1) is 39.7. The summed E-state index contributed by atoms with van der Waals surface area (Å²) in [6.07, 6.45) is 3.18. The van der Waals surface area contributed by atoms with Crippen molar-refractivity contribution < 1.29 is 28.7 Å². The minimum absolute atomic E-state index is 0.00214. The van der Waals surface area contributed by atoms with Gasteiger partial charge in [0.25, 0.3) is 0 Å². The van der Waals surface area contributed by atoms with E-state index in [0.717, 1.165) is 50.6 Å². The molecule has 52 heavy (non-hydrogen) atoms. The number of esters is 2. The Hall–Kier alpha value is -6.76. The van der Waals surface area contributed by atoms with Gasteiger partial charge in [-0.2, -0.15) is 0 Å². The highest BCUT2D eigenvalue weighted by atomic mass is 16.5. The lowest BCUT2D eigenvalue weighted by atomic mass is 10.0. The summed E-state index contributed by atoms with van der Waals surface area (Å²) in [5, 5.41) is 0. The summed E-state index contributed by atoms with van der Waals surface area (Å²) < 4.78 is 10.1. The molecule has 6 nitrogen and oxygen atoms in total. The molecule has 0 fully saturated rings. The second-order valence-corrected chi connectivity index (χ2v) is 11.7. The predicted molar refractivity (Wildman–Crippen MR) is 205 cm³/mol. The number of rotatable bonds is 12. The fraction of sp³-hybridized carbons (Fsp3) is 0.130. The van der Waals surface area contributed by atoms with Gasteiger partial charge < -0.3 is 9.47 Å². The number of hydrogen-bond acceptors (Lipinski definition) is 6. The molecule has 0 unspecified atom stereocenters. The van der Waals surface area contributed by atoms with Crippen molar-refractivity contribution >= 4 is 23.5 Å². The summed E-state index contributed by atoms with van der Waals surface area (Å²) in [6, 6.07) is 30.2. The molecule has 0 aliphatic heterocycles. The number of allylic oxidation sites excluding steroid dienone is 2. The molecule has 0 amide bonds. The molecule has 0 saturated carbocycles. The van der Waals surface area contributed by atoms with Gasteiger partial charge in [0.2, 0.25) is 0 Å². The molecule has 0 aromatic heterocycles. The maximum atomic E-state index is 11.7. The Kier molecular flexibility index (Phi) is 15.8. The van der Waals surface area contributed by atoms with Crippen molar-refractivity contribution in [2.24, 2.45) is 0 Å². The average Bonchev–Trinajstić information content (AvgIpc) is 3.16. The monoisotopic (exact) mass is 688 g/mol. The molecule has 0 bridgehead atoms. The van der Waals surface area contributed by atoms with Gasteiger partial charge in [-0.15, -0.1) is 0 Å². The third kappa shape index (κ3) is 14.4. The van der Waals surface area contributed by atoms with E-state index < -0.39 is 11.9 Å². The van der Waals surface area contributed by atoms with E-state index in [0.29, 0.717) is 24.0 Å². The standard InChI is InChI=1S/C24H22O3.C22H18O3/c1-17(2)23(25)15-21-11-7-19(8-12-21)5-6-20-9-13-22(14-10-20)16-27-24(26)18(3)4;1-3-21(23)15-19-11-7-17(8-12-19)5-6-18-9-13-20(14-10-18)16-25-22(24)4-2/h7-14H,1,3,15-16H2,2,4H3;3-4,7-14H,1-2,15-16H2. The molecule has 0 radical (unpaired) electrons. The van der Waals surface area contributed by atoms with Crippen LogP contribution < -0.4 is 0 Å². The van der Waals surface area contributed by atoms with Gasteiger partial charge in [0, 0.05) is 46.7 Å². The van der Waals surface area contributed by atoms with Crippen molar-refractivity contribution in [1.82, 2.24) is 0 Å². The number of carbonyl (C=O) groups excluding carboxylic acids is 4. The highest BCUT2D eigenvalue weighted by Gasteiger charge is 2.05. The van der Waals surface area contributed by atoms with Crippen molar-refractivity contribution in [3.8, 4) is 23.7 Å². The molecule has 4 aromatic carbocycles. The molecule has 0 atom stereocenters. The van der Waals surface area contributed by atoms with Crippen LogP contribution in [0.3, 0.4) is 0 Å². The molecule has 0 heterocycles. The molecule has 6 heteroatoms. The quantitative estimate of drug-likeness (QED) is 0.0852. The van der Waals surface area contributed by atoms with Crippen LogP contribution in [0.2, 0.25) is 0 Å². The van der Waals surface area contributed by atoms with Crippen LogP contribution in [0.4, 0.5) is 0 Å². The van der Waals surface area contributed by atoms with Gasteiger partial charge in [0.05, 0.1) is 0 Å². The highest BCUT2D eigenvalue weighted by Crippen LogP contribution is 2.10. The maximum absolute atomic E-state index is 11.7. The van der Waals surface area contributed by atoms with E-state index in [1.54, 1.807) is 13.8 Å². The summed E-state index contributed by atoms with van der Waals surface area (Å²) >= 11 is 0. The summed E-state index contributed by atoms with van der Waals surface area (Å²) in [4.78, 5) is 45.4. The van der Waals surface area contributed by atoms with Crippen LogP contribution in [-0.2, 0) is 54.7 Å². The molecule has 0 saturated heterocycles. The molecule has 0 aliphatic carbocycles. The fourth-order valence-corrected chi connectivity index (χ4v) is 4.16. The van der Waals surface area contributed by atoms with Gasteiger partial charge in [-0.1, -0.05) is 98.5 Å². The Balaban J connectivity index is 0.000000281. The van der Waals surface area contributed by atoms with Crippen LogP contribution in [-0.4, -0.2) is 23.5 Å². The Morgan fingerprint density at radius 2 is 0.885 bits per heavy atom. The van der Waals surface area contributed by atoms with Crippen LogP contribution in [0.15, 0.2) is 147 Å². The number of hydrogen-bond donors (Lipinski definition) is 0. The van der Waals surface area contributed by atoms with Gasteiger partial charge in [-0.05, 0) is 96.3 Å². The second kappa shape index (κ2) is 20.7. The Bertz CT molecular complexity index is 2060. The molecule has 260 valence electrons. The average molecular weight is 689 g/mol. The Morgan fingerprint density at radius 3 is 1.23 bits per heavy atom. The number of Topliss-reactive ketones (excluding diaryl/α,β-unsaturated/α-hetero) is 1. The van der Waals surface area contributed by atoms with Crippen LogP contribution in [0.5, 0.6) is 0 Å². The minimum atomic E-state index is -0.442. The number of carbonyl (C=O) groups is 4. The molecular formula is C46H40O6. The molecular weight excluding hydrogens is 649 g/mol. The second-order valence-electron chi connectivity index (χ2n) is 11.7. The van der Waals surface area contributed by atoms with Gasteiger partial charge >= 0.3 is 11.9 Å².